The van der Waals surface area contributed by atoms with E-state index in [9.17, 15) is 9.59 Å². The summed E-state index contributed by atoms with van der Waals surface area (Å²) in [7, 11) is 0. The van der Waals surface area contributed by atoms with E-state index in [4.69, 9.17) is 11.6 Å². The molecule has 0 N–H and O–H groups in total. The van der Waals surface area contributed by atoms with Gasteiger partial charge in [-0.1, -0.05) is 17.7 Å². The summed E-state index contributed by atoms with van der Waals surface area (Å²) in [4.78, 5) is 31.3. The monoisotopic (exact) mass is 379 g/mol. The molecule has 1 aromatic carbocycles. The van der Waals surface area contributed by atoms with Gasteiger partial charge in [0, 0.05) is 48.6 Å². The van der Waals surface area contributed by atoms with Gasteiger partial charge in [-0.25, -0.2) is 0 Å². The highest BCUT2D eigenvalue weighted by Crippen LogP contribution is 2.35. The molecule has 1 atom stereocenters. The Morgan fingerprint density at radius 3 is 2.52 bits per heavy atom. The molecule has 1 aromatic rings. The number of amides is 2. The van der Waals surface area contributed by atoms with Gasteiger partial charge < -0.3 is 14.7 Å². The SMILES string of the molecule is O=C([C@@H]1CSCN1C(=O)C1CC1)N1CCN(c2cccc(Cl)c2)CC1. The molecule has 1 aliphatic carbocycles. The number of benzene rings is 1. The summed E-state index contributed by atoms with van der Waals surface area (Å²) in [5.41, 5.74) is 1.10. The van der Waals surface area contributed by atoms with Gasteiger partial charge in [-0.2, -0.15) is 0 Å². The van der Waals surface area contributed by atoms with Gasteiger partial charge in [0.05, 0.1) is 5.88 Å². The van der Waals surface area contributed by atoms with Crippen molar-refractivity contribution in [2.24, 2.45) is 5.92 Å². The molecule has 4 rings (SSSR count). The van der Waals surface area contributed by atoms with Crippen molar-refractivity contribution in [3.63, 3.8) is 0 Å². The number of anilines is 1. The van der Waals surface area contributed by atoms with Gasteiger partial charge in [-0.3, -0.25) is 9.59 Å². The van der Waals surface area contributed by atoms with Crippen molar-refractivity contribution in [3.05, 3.63) is 29.3 Å². The Labute approximate surface area is 157 Å². The maximum Gasteiger partial charge on any atom is 0.246 e. The van der Waals surface area contributed by atoms with Crippen LogP contribution in [-0.4, -0.2) is 65.5 Å². The Balaban J connectivity index is 1.37. The minimum Gasteiger partial charge on any atom is -0.368 e. The normalized spacial score (nSPS) is 23.9. The Hall–Kier alpha value is -1.40. The van der Waals surface area contributed by atoms with Crippen LogP contribution in [0.5, 0.6) is 0 Å². The second kappa shape index (κ2) is 7.08. The van der Waals surface area contributed by atoms with Crippen LogP contribution in [-0.2, 0) is 9.59 Å². The molecule has 0 radical (unpaired) electrons. The maximum absolute atomic E-state index is 12.9. The largest absolute Gasteiger partial charge is 0.368 e. The van der Waals surface area contributed by atoms with E-state index in [0.717, 1.165) is 42.4 Å². The Bertz CT molecular complexity index is 674. The van der Waals surface area contributed by atoms with E-state index in [1.54, 1.807) is 11.8 Å². The summed E-state index contributed by atoms with van der Waals surface area (Å²) in [5.74, 6) is 1.86. The highest BCUT2D eigenvalue weighted by molar-refractivity contribution is 7.99. The molecule has 134 valence electrons. The molecule has 7 heteroatoms. The molecule has 2 saturated heterocycles. The lowest BCUT2D eigenvalue weighted by Crippen LogP contribution is -2.55. The number of thioether (sulfide) groups is 1. The summed E-state index contributed by atoms with van der Waals surface area (Å²) in [5, 5.41) is 0.730. The summed E-state index contributed by atoms with van der Waals surface area (Å²) in [6.45, 7) is 2.97. The van der Waals surface area contributed by atoms with Gasteiger partial charge in [0.1, 0.15) is 6.04 Å². The Kier molecular flexibility index (Phi) is 4.82. The van der Waals surface area contributed by atoms with E-state index >= 15 is 0 Å². The molecule has 2 heterocycles. The maximum atomic E-state index is 12.9. The zero-order chi connectivity index (χ0) is 17.4. The van der Waals surface area contributed by atoms with Crippen molar-refractivity contribution >= 4 is 40.9 Å². The molecular formula is C18H22ClN3O2S. The zero-order valence-electron chi connectivity index (χ0n) is 14.1. The van der Waals surface area contributed by atoms with Gasteiger partial charge in [-0.15, -0.1) is 11.8 Å². The predicted molar refractivity (Wildman–Crippen MR) is 101 cm³/mol. The third-order valence-electron chi connectivity index (χ3n) is 5.14. The molecule has 3 fully saturated rings. The third-order valence-corrected chi connectivity index (χ3v) is 6.39. The van der Waals surface area contributed by atoms with Crippen LogP contribution in [0.4, 0.5) is 5.69 Å². The standard InChI is InChI=1S/C18H22ClN3O2S/c19-14-2-1-3-15(10-14)20-6-8-21(9-7-20)18(24)16-11-25-12-22(16)17(23)13-4-5-13/h1-3,10,13,16H,4-9,11-12H2/t16-/m0/s1. The second-order valence-electron chi connectivity index (χ2n) is 6.89. The fourth-order valence-electron chi connectivity index (χ4n) is 3.50. The molecule has 5 nitrogen and oxygen atoms in total. The number of rotatable bonds is 3. The number of nitrogens with zero attached hydrogens (tertiary/aromatic N) is 3. The predicted octanol–water partition coefficient (Wildman–Crippen LogP) is 2.30. The van der Waals surface area contributed by atoms with Crippen molar-refractivity contribution < 1.29 is 9.59 Å². The molecule has 0 aromatic heterocycles. The van der Waals surface area contributed by atoms with Crippen LogP contribution in [0.2, 0.25) is 5.02 Å². The average molecular weight is 380 g/mol. The first-order chi connectivity index (χ1) is 12.1. The molecule has 0 spiro atoms. The molecule has 0 unspecified atom stereocenters. The van der Waals surface area contributed by atoms with Crippen molar-refractivity contribution in [1.29, 1.82) is 0 Å². The van der Waals surface area contributed by atoms with E-state index in [1.165, 1.54) is 0 Å². The molecular weight excluding hydrogens is 358 g/mol. The summed E-state index contributed by atoms with van der Waals surface area (Å²) < 4.78 is 0. The number of hydrogen-bond acceptors (Lipinski definition) is 4. The summed E-state index contributed by atoms with van der Waals surface area (Å²) in [6.07, 6.45) is 1.97. The van der Waals surface area contributed by atoms with Crippen LogP contribution in [0.1, 0.15) is 12.8 Å². The Morgan fingerprint density at radius 2 is 1.84 bits per heavy atom. The number of halogens is 1. The van der Waals surface area contributed by atoms with Crippen LogP contribution in [0.15, 0.2) is 24.3 Å². The van der Waals surface area contributed by atoms with E-state index in [2.05, 4.69) is 4.90 Å². The van der Waals surface area contributed by atoms with Crippen molar-refractivity contribution in [2.45, 2.75) is 18.9 Å². The fraction of sp³-hybridized carbons (Fsp3) is 0.556. The first kappa shape index (κ1) is 17.0. The van der Waals surface area contributed by atoms with Gasteiger partial charge >= 0.3 is 0 Å². The molecule has 3 aliphatic rings. The fourth-order valence-corrected chi connectivity index (χ4v) is 4.84. The summed E-state index contributed by atoms with van der Waals surface area (Å²) in [6, 6.07) is 7.56. The average Bonchev–Trinajstić information content (AvgIpc) is 3.37. The number of carbonyl (C=O) groups is 2. The van der Waals surface area contributed by atoms with E-state index in [-0.39, 0.29) is 23.8 Å². The first-order valence-corrected chi connectivity index (χ1v) is 10.3. The summed E-state index contributed by atoms with van der Waals surface area (Å²) >= 11 is 7.76. The van der Waals surface area contributed by atoms with Crippen LogP contribution >= 0.6 is 23.4 Å². The number of piperazine rings is 1. The minimum atomic E-state index is -0.268. The van der Waals surface area contributed by atoms with Gasteiger partial charge in [0.2, 0.25) is 11.8 Å². The van der Waals surface area contributed by atoms with Crippen molar-refractivity contribution in [1.82, 2.24) is 9.80 Å². The number of carbonyl (C=O) groups excluding carboxylic acids is 2. The van der Waals surface area contributed by atoms with E-state index in [1.807, 2.05) is 34.1 Å². The molecule has 0 bridgehead atoms. The topological polar surface area (TPSA) is 43.9 Å². The Morgan fingerprint density at radius 1 is 1.08 bits per heavy atom. The highest BCUT2D eigenvalue weighted by atomic mass is 35.5. The second-order valence-corrected chi connectivity index (χ2v) is 8.33. The van der Waals surface area contributed by atoms with Crippen molar-refractivity contribution in [2.75, 3.05) is 42.7 Å². The lowest BCUT2D eigenvalue weighted by molar-refractivity contribution is -0.144. The molecule has 2 aliphatic heterocycles. The molecule has 25 heavy (non-hydrogen) atoms. The quantitative estimate of drug-likeness (QED) is 0.808. The highest BCUT2D eigenvalue weighted by Gasteiger charge is 2.42. The first-order valence-electron chi connectivity index (χ1n) is 8.81. The van der Waals surface area contributed by atoms with Crippen LogP contribution in [0, 0.1) is 5.92 Å². The number of hydrogen-bond donors (Lipinski definition) is 0. The zero-order valence-corrected chi connectivity index (χ0v) is 15.6. The molecule has 1 saturated carbocycles. The van der Waals surface area contributed by atoms with Gasteiger partial charge in [-0.05, 0) is 31.0 Å². The van der Waals surface area contributed by atoms with Crippen LogP contribution < -0.4 is 4.90 Å². The van der Waals surface area contributed by atoms with Gasteiger partial charge in [0.25, 0.3) is 0 Å². The molecule has 2 amide bonds. The van der Waals surface area contributed by atoms with Crippen LogP contribution in [0.3, 0.4) is 0 Å². The lowest BCUT2D eigenvalue weighted by atomic mass is 10.2. The smallest absolute Gasteiger partial charge is 0.246 e. The third kappa shape index (κ3) is 3.60. The van der Waals surface area contributed by atoms with E-state index < -0.39 is 0 Å². The van der Waals surface area contributed by atoms with E-state index in [0.29, 0.717) is 19.0 Å². The lowest BCUT2D eigenvalue weighted by Gasteiger charge is -2.38. The van der Waals surface area contributed by atoms with Gasteiger partial charge in [0.15, 0.2) is 0 Å². The van der Waals surface area contributed by atoms with Crippen molar-refractivity contribution in [3.8, 4) is 0 Å². The van der Waals surface area contributed by atoms with Crippen LogP contribution in [0.25, 0.3) is 0 Å². The minimum absolute atomic E-state index is 0.116.